The number of carbonyl (C=O) groups is 1. The largest absolute Gasteiger partial charge is 0.384 e. The fourth-order valence-corrected chi connectivity index (χ4v) is 3.79. The summed E-state index contributed by atoms with van der Waals surface area (Å²) in [7, 11) is 0. The molecule has 0 aliphatic carbocycles. The Hall–Kier alpha value is -2.56. The van der Waals surface area contributed by atoms with Crippen LogP contribution in [-0.2, 0) is 17.6 Å². The lowest BCUT2D eigenvalue weighted by molar-refractivity contribution is -0.131. The molecule has 1 N–H and O–H groups in total. The van der Waals surface area contributed by atoms with Crippen molar-refractivity contribution < 1.29 is 9.18 Å². The number of anilines is 2. The van der Waals surface area contributed by atoms with Crippen molar-refractivity contribution in [3.63, 3.8) is 0 Å². The lowest BCUT2D eigenvalue weighted by atomic mass is 10.0. The number of nitrogens with one attached hydrogen (secondary N) is 1. The molecule has 2 aromatic carbocycles. The van der Waals surface area contributed by atoms with Gasteiger partial charge in [0.2, 0.25) is 5.91 Å². The average Bonchev–Trinajstić information content (AvgIpc) is 2.74. The minimum absolute atomic E-state index is 0.193. The van der Waals surface area contributed by atoms with Crippen molar-refractivity contribution in [1.29, 1.82) is 0 Å². The van der Waals surface area contributed by atoms with Crippen LogP contribution in [0.5, 0.6) is 0 Å². The lowest BCUT2D eigenvalue weighted by Crippen LogP contribution is -2.49. The third-order valence-corrected chi connectivity index (χ3v) is 5.46. The minimum atomic E-state index is -0.221. The molecular weight excluding hydrogens is 353 g/mol. The summed E-state index contributed by atoms with van der Waals surface area (Å²) in [6.45, 7) is 7.95. The number of piperazine rings is 1. The van der Waals surface area contributed by atoms with Gasteiger partial charge in [-0.2, -0.15) is 0 Å². The number of rotatable bonds is 7. The van der Waals surface area contributed by atoms with E-state index in [4.69, 9.17) is 0 Å². The molecule has 1 aliphatic heterocycles. The summed E-state index contributed by atoms with van der Waals surface area (Å²) in [5, 5.41) is 3.50. The molecule has 0 aromatic heterocycles. The summed E-state index contributed by atoms with van der Waals surface area (Å²) in [4.78, 5) is 16.7. The Morgan fingerprint density at radius 3 is 2.14 bits per heavy atom. The van der Waals surface area contributed by atoms with Gasteiger partial charge in [-0.05, 0) is 48.2 Å². The number of hydrogen-bond acceptors (Lipinski definition) is 3. The van der Waals surface area contributed by atoms with E-state index in [1.165, 1.54) is 28.9 Å². The van der Waals surface area contributed by atoms with Gasteiger partial charge in [0, 0.05) is 50.5 Å². The second kappa shape index (κ2) is 9.58. The first-order chi connectivity index (χ1) is 13.6. The molecule has 1 fully saturated rings. The third-order valence-electron chi connectivity index (χ3n) is 5.46. The maximum atomic E-state index is 13.1. The zero-order valence-electron chi connectivity index (χ0n) is 16.9. The summed E-state index contributed by atoms with van der Waals surface area (Å²) >= 11 is 0. The Balaban J connectivity index is 1.48. The standard InChI is InChI=1S/C23H30FN3O/c1-3-18-6-5-7-19(4-2)23(18)25-13-12-22(28)27-16-14-26(15-17-27)21-10-8-20(24)9-11-21/h5-11,25H,3-4,12-17H2,1-2H3. The van der Waals surface area contributed by atoms with E-state index >= 15 is 0 Å². The zero-order chi connectivity index (χ0) is 19.9. The molecule has 28 heavy (non-hydrogen) atoms. The second-order valence-corrected chi connectivity index (χ2v) is 7.18. The number of aryl methyl sites for hydroxylation is 2. The first kappa shape index (κ1) is 20.2. The molecule has 0 bridgehead atoms. The van der Waals surface area contributed by atoms with Gasteiger partial charge >= 0.3 is 0 Å². The SMILES string of the molecule is CCc1cccc(CC)c1NCCC(=O)N1CCN(c2ccc(F)cc2)CC1. The van der Waals surface area contributed by atoms with Crippen molar-refractivity contribution in [3.05, 3.63) is 59.4 Å². The second-order valence-electron chi connectivity index (χ2n) is 7.18. The van der Waals surface area contributed by atoms with Gasteiger partial charge in [-0.3, -0.25) is 4.79 Å². The molecule has 1 saturated heterocycles. The third kappa shape index (κ3) is 4.83. The van der Waals surface area contributed by atoms with Crippen molar-refractivity contribution in [2.24, 2.45) is 0 Å². The van der Waals surface area contributed by atoms with E-state index in [0.717, 1.165) is 31.6 Å². The zero-order valence-corrected chi connectivity index (χ0v) is 16.9. The molecule has 1 heterocycles. The van der Waals surface area contributed by atoms with E-state index in [1.807, 2.05) is 4.90 Å². The van der Waals surface area contributed by atoms with E-state index in [0.29, 0.717) is 26.1 Å². The van der Waals surface area contributed by atoms with E-state index in [9.17, 15) is 9.18 Å². The Kier molecular flexibility index (Phi) is 6.90. The van der Waals surface area contributed by atoms with Crippen molar-refractivity contribution in [3.8, 4) is 0 Å². The van der Waals surface area contributed by atoms with Crippen molar-refractivity contribution >= 4 is 17.3 Å². The number of benzene rings is 2. The molecule has 0 radical (unpaired) electrons. The molecule has 5 heteroatoms. The fraction of sp³-hybridized carbons (Fsp3) is 0.435. The monoisotopic (exact) mass is 383 g/mol. The van der Waals surface area contributed by atoms with Gasteiger partial charge < -0.3 is 15.1 Å². The Bertz CT molecular complexity index is 761. The first-order valence-corrected chi connectivity index (χ1v) is 10.2. The predicted octanol–water partition coefficient (Wildman–Crippen LogP) is 4.10. The highest BCUT2D eigenvalue weighted by molar-refractivity contribution is 5.77. The van der Waals surface area contributed by atoms with Gasteiger partial charge in [-0.15, -0.1) is 0 Å². The van der Waals surface area contributed by atoms with Crippen LogP contribution in [0.4, 0.5) is 15.8 Å². The number of carbonyl (C=O) groups excluding carboxylic acids is 1. The lowest BCUT2D eigenvalue weighted by Gasteiger charge is -2.36. The first-order valence-electron chi connectivity index (χ1n) is 10.2. The van der Waals surface area contributed by atoms with Crippen LogP contribution in [-0.4, -0.2) is 43.5 Å². The highest BCUT2D eigenvalue weighted by Crippen LogP contribution is 2.22. The quantitative estimate of drug-likeness (QED) is 0.782. The average molecular weight is 384 g/mol. The smallest absolute Gasteiger partial charge is 0.224 e. The molecule has 0 atom stereocenters. The van der Waals surface area contributed by atoms with Crippen LogP contribution in [0.15, 0.2) is 42.5 Å². The summed E-state index contributed by atoms with van der Waals surface area (Å²) in [6, 6.07) is 13.0. The summed E-state index contributed by atoms with van der Waals surface area (Å²) in [5.41, 5.74) is 4.82. The van der Waals surface area contributed by atoms with Crippen molar-refractivity contribution in [2.45, 2.75) is 33.1 Å². The summed E-state index contributed by atoms with van der Waals surface area (Å²) in [6.07, 6.45) is 2.46. The number of nitrogens with zero attached hydrogens (tertiary/aromatic N) is 2. The molecule has 1 amide bonds. The van der Waals surface area contributed by atoms with Gasteiger partial charge in [0.1, 0.15) is 5.82 Å². The fourth-order valence-electron chi connectivity index (χ4n) is 3.79. The topological polar surface area (TPSA) is 35.6 Å². The van der Waals surface area contributed by atoms with Crippen LogP contribution < -0.4 is 10.2 Å². The van der Waals surface area contributed by atoms with Crippen LogP contribution in [0, 0.1) is 5.82 Å². The number of para-hydroxylation sites is 1. The van der Waals surface area contributed by atoms with Gasteiger partial charge in [0.15, 0.2) is 0 Å². The molecule has 0 unspecified atom stereocenters. The Morgan fingerprint density at radius 2 is 1.57 bits per heavy atom. The van der Waals surface area contributed by atoms with E-state index in [-0.39, 0.29) is 11.7 Å². The summed E-state index contributed by atoms with van der Waals surface area (Å²) in [5.74, 6) is -0.0285. The molecular formula is C23H30FN3O. The van der Waals surface area contributed by atoms with Crippen molar-refractivity contribution in [1.82, 2.24) is 4.90 Å². The molecule has 3 rings (SSSR count). The minimum Gasteiger partial charge on any atom is -0.384 e. The van der Waals surface area contributed by atoms with Crippen LogP contribution in [0.2, 0.25) is 0 Å². The van der Waals surface area contributed by atoms with E-state index in [2.05, 4.69) is 42.3 Å². The predicted molar refractivity (Wildman–Crippen MR) is 113 cm³/mol. The molecule has 0 saturated carbocycles. The van der Waals surface area contributed by atoms with Gasteiger partial charge in [0.05, 0.1) is 0 Å². The van der Waals surface area contributed by atoms with Crippen LogP contribution in [0.3, 0.4) is 0 Å². The van der Waals surface area contributed by atoms with Gasteiger partial charge in [0.25, 0.3) is 0 Å². The Morgan fingerprint density at radius 1 is 0.964 bits per heavy atom. The molecule has 150 valence electrons. The van der Waals surface area contributed by atoms with Crippen LogP contribution in [0.25, 0.3) is 0 Å². The van der Waals surface area contributed by atoms with Gasteiger partial charge in [-0.1, -0.05) is 32.0 Å². The molecule has 0 spiro atoms. The number of halogens is 1. The summed E-state index contributed by atoms with van der Waals surface area (Å²) < 4.78 is 13.1. The normalized spacial score (nSPS) is 14.2. The van der Waals surface area contributed by atoms with Crippen LogP contribution in [0.1, 0.15) is 31.4 Å². The maximum Gasteiger partial charge on any atom is 0.224 e. The van der Waals surface area contributed by atoms with Crippen molar-refractivity contribution in [2.75, 3.05) is 42.9 Å². The number of hydrogen-bond donors (Lipinski definition) is 1. The molecule has 2 aromatic rings. The highest BCUT2D eigenvalue weighted by atomic mass is 19.1. The van der Waals surface area contributed by atoms with Gasteiger partial charge in [-0.25, -0.2) is 4.39 Å². The highest BCUT2D eigenvalue weighted by Gasteiger charge is 2.21. The van der Waals surface area contributed by atoms with Crippen LogP contribution >= 0.6 is 0 Å². The van der Waals surface area contributed by atoms with E-state index in [1.54, 1.807) is 12.1 Å². The maximum absolute atomic E-state index is 13.1. The Labute approximate surface area is 167 Å². The van der Waals surface area contributed by atoms with E-state index < -0.39 is 0 Å². The number of amides is 1. The molecule has 1 aliphatic rings. The molecule has 4 nitrogen and oxygen atoms in total.